The predicted octanol–water partition coefficient (Wildman–Crippen LogP) is 8.33. The zero-order valence-electron chi connectivity index (χ0n) is 23.5. The minimum atomic E-state index is -4.97. The van der Waals surface area contributed by atoms with Crippen molar-refractivity contribution in [1.29, 1.82) is 0 Å². The Morgan fingerprint density at radius 2 is 1.73 bits per heavy atom. The van der Waals surface area contributed by atoms with Crippen molar-refractivity contribution < 1.29 is 45.4 Å². The smallest absolute Gasteiger partial charge is 0.416 e. The predicted molar refractivity (Wildman–Crippen MR) is 150 cm³/mol. The van der Waals surface area contributed by atoms with E-state index in [9.17, 15) is 36.2 Å². The van der Waals surface area contributed by atoms with E-state index in [4.69, 9.17) is 16.3 Å². The van der Waals surface area contributed by atoms with Gasteiger partial charge in [0.1, 0.15) is 11.9 Å². The fourth-order valence-corrected chi connectivity index (χ4v) is 5.76. The van der Waals surface area contributed by atoms with Crippen LogP contribution in [0.5, 0.6) is 5.75 Å². The van der Waals surface area contributed by atoms with Gasteiger partial charge in [0.15, 0.2) is 0 Å². The third-order valence-corrected chi connectivity index (χ3v) is 8.18. The van der Waals surface area contributed by atoms with Crippen LogP contribution in [0, 0.1) is 17.3 Å². The zero-order valence-corrected chi connectivity index (χ0v) is 24.2. The lowest BCUT2D eigenvalue weighted by atomic mass is 9.71. The van der Waals surface area contributed by atoms with Gasteiger partial charge in [0.25, 0.3) is 0 Å². The Kier molecular flexibility index (Phi) is 10.0. The van der Waals surface area contributed by atoms with Gasteiger partial charge in [0, 0.05) is 22.7 Å². The van der Waals surface area contributed by atoms with Gasteiger partial charge in [-0.2, -0.15) is 26.3 Å². The standard InChI is InChI=1S/C31H28ClF7N2O3/c1-44-22-4-5-26-23(16-22)28(24(32)18-40-26)25(33)6-7-29(17-27(42)43)8-11-41(12-9-29)10-2-3-19-13-20(30(34,35)36)15-21(14-19)31(37,38)39/h4-5,13-16,18,25H,6-12,17H2,1H3,(H,42,43)/t25-/m0/s1. The molecule has 1 aliphatic rings. The molecule has 236 valence electrons. The molecule has 0 saturated carbocycles. The summed E-state index contributed by atoms with van der Waals surface area (Å²) in [5, 5.41) is 10.3. The van der Waals surface area contributed by atoms with Gasteiger partial charge in [-0.15, -0.1) is 0 Å². The highest BCUT2D eigenvalue weighted by molar-refractivity contribution is 6.32. The first-order chi connectivity index (χ1) is 20.6. The van der Waals surface area contributed by atoms with Crippen molar-refractivity contribution in [3.63, 3.8) is 0 Å². The van der Waals surface area contributed by atoms with Crippen LogP contribution in [0.25, 0.3) is 10.9 Å². The van der Waals surface area contributed by atoms with E-state index in [-0.39, 0.29) is 42.5 Å². The molecule has 44 heavy (non-hydrogen) atoms. The Hall–Kier alpha value is -3.56. The molecule has 0 aliphatic carbocycles. The Labute approximate surface area is 254 Å². The molecule has 2 heterocycles. The number of carboxylic acids is 1. The molecule has 0 bridgehead atoms. The zero-order chi connectivity index (χ0) is 32.3. The van der Waals surface area contributed by atoms with Gasteiger partial charge in [-0.1, -0.05) is 23.4 Å². The number of hydrogen-bond donors (Lipinski definition) is 1. The van der Waals surface area contributed by atoms with Crippen molar-refractivity contribution in [2.24, 2.45) is 5.41 Å². The van der Waals surface area contributed by atoms with Crippen LogP contribution in [0.2, 0.25) is 5.02 Å². The van der Waals surface area contributed by atoms with Crippen molar-refractivity contribution in [3.05, 3.63) is 69.9 Å². The highest BCUT2D eigenvalue weighted by Crippen LogP contribution is 2.44. The molecule has 0 amide bonds. The molecule has 1 atom stereocenters. The molecule has 0 unspecified atom stereocenters. The van der Waals surface area contributed by atoms with E-state index in [0.717, 1.165) is 0 Å². The summed E-state index contributed by atoms with van der Waals surface area (Å²) in [6.45, 7) is 0.782. The van der Waals surface area contributed by atoms with Crippen LogP contribution in [-0.2, 0) is 17.1 Å². The molecule has 1 saturated heterocycles. The van der Waals surface area contributed by atoms with Crippen molar-refractivity contribution in [1.82, 2.24) is 9.88 Å². The van der Waals surface area contributed by atoms with E-state index < -0.39 is 46.6 Å². The van der Waals surface area contributed by atoms with Crippen LogP contribution < -0.4 is 4.74 Å². The molecule has 13 heteroatoms. The second kappa shape index (κ2) is 13.2. The number of nitrogens with zero attached hydrogens (tertiary/aromatic N) is 2. The molecule has 3 aromatic rings. The second-order valence-electron chi connectivity index (χ2n) is 10.9. The lowest BCUT2D eigenvalue weighted by Gasteiger charge is -2.41. The molecule has 1 fully saturated rings. The maximum Gasteiger partial charge on any atom is 0.416 e. The number of carbonyl (C=O) groups is 1. The van der Waals surface area contributed by atoms with E-state index in [1.54, 1.807) is 18.2 Å². The number of likely N-dealkylation sites (tertiary alicyclic amines) is 1. The fourth-order valence-electron chi connectivity index (χ4n) is 5.49. The summed E-state index contributed by atoms with van der Waals surface area (Å²) in [7, 11) is 1.48. The normalized spacial score (nSPS) is 16.3. The molecule has 4 rings (SSSR count). The van der Waals surface area contributed by atoms with Crippen LogP contribution in [0.3, 0.4) is 0 Å². The lowest BCUT2D eigenvalue weighted by molar-refractivity contribution is -0.143. The van der Waals surface area contributed by atoms with Crippen LogP contribution in [0.1, 0.15) is 60.5 Å². The lowest BCUT2D eigenvalue weighted by Crippen LogP contribution is -2.41. The molecular weight excluding hydrogens is 617 g/mol. The first-order valence-corrected chi connectivity index (χ1v) is 14.0. The summed E-state index contributed by atoms with van der Waals surface area (Å²) in [5.41, 5.74) is -3.26. The molecule has 1 aromatic heterocycles. The quantitative estimate of drug-likeness (QED) is 0.197. The van der Waals surface area contributed by atoms with Gasteiger partial charge in [0.05, 0.1) is 41.7 Å². The molecule has 5 nitrogen and oxygen atoms in total. The third-order valence-electron chi connectivity index (χ3n) is 7.88. The summed E-state index contributed by atoms with van der Waals surface area (Å²) in [5.74, 6) is 4.50. The van der Waals surface area contributed by atoms with Gasteiger partial charge in [-0.05, 0) is 80.6 Å². The number of aromatic nitrogens is 1. The number of ether oxygens (including phenoxy) is 1. The van der Waals surface area contributed by atoms with Crippen LogP contribution in [-0.4, -0.2) is 47.7 Å². The third kappa shape index (κ3) is 8.12. The van der Waals surface area contributed by atoms with Gasteiger partial charge < -0.3 is 9.84 Å². The number of piperidine rings is 1. The minimum absolute atomic E-state index is 0.000212. The molecule has 1 aliphatic heterocycles. The second-order valence-corrected chi connectivity index (χ2v) is 11.3. The SMILES string of the molecule is COc1ccc2ncc(Cl)c([C@@H](F)CCC3(CC(=O)O)CCN(CC#Cc4cc(C(F)(F)F)cc(C(F)(F)F)c4)CC3)c2c1. The Morgan fingerprint density at radius 1 is 1.09 bits per heavy atom. The van der Waals surface area contributed by atoms with E-state index >= 15 is 4.39 Å². The number of aliphatic carboxylic acids is 1. The fraction of sp³-hybridized carbons (Fsp3) is 0.419. The maximum absolute atomic E-state index is 15.8. The van der Waals surface area contributed by atoms with Crippen molar-refractivity contribution >= 4 is 28.5 Å². The first kappa shape index (κ1) is 33.3. The Morgan fingerprint density at radius 3 is 2.30 bits per heavy atom. The molecule has 1 N–H and O–H groups in total. The van der Waals surface area contributed by atoms with E-state index in [2.05, 4.69) is 16.8 Å². The summed E-state index contributed by atoms with van der Waals surface area (Å²) >= 11 is 6.34. The highest BCUT2D eigenvalue weighted by atomic mass is 35.5. The number of benzene rings is 2. The number of fused-ring (bicyclic) bond motifs is 1. The Balaban J connectivity index is 1.45. The van der Waals surface area contributed by atoms with Gasteiger partial charge >= 0.3 is 18.3 Å². The molecule has 0 spiro atoms. The number of carboxylic acid groups (broad SMARTS) is 1. The summed E-state index contributed by atoms with van der Waals surface area (Å²) in [6.07, 6.45) is -9.27. The topological polar surface area (TPSA) is 62.7 Å². The number of methoxy groups -OCH3 is 1. The number of rotatable bonds is 8. The summed E-state index contributed by atoms with van der Waals surface area (Å²) in [6, 6.07) is 6.21. The number of alkyl halides is 7. The number of halogens is 8. The average Bonchev–Trinajstić information content (AvgIpc) is 2.95. The van der Waals surface area contributed by atoms with Gasteiger partial charge in [0.2, 0.25) is 0 Å². The number of hydrogen-bond acceptors (Lipinski definition) is 4. The molecule has 0 radical (unpaired) electrons. The van der Waals surface area contributed by atoms with Crippen LogP contribution in [0.4, 0.5) is 30.7 Å². The van der Waals surface area contributed by atoms with Crippen molar-refractivity contribution in [2.75, 3.05) is 26.7 Å². The maximum atomic E-state index is 15.8. The summed E-state index contributed by atoms with van der Waals surface area (Å²) < 4.78 is 99.8. The largest absolute Gasteiger partial charge is 0.497 e. The highest BCUT2D eigenvalue weighted by Gasteiger charge is 2.38. The molecule has 2 aromatic carbocycles. The first-order valence-electron chi connectivity index (χ1n) is 13.6. The number of pyridine rings is 1. The van der Waals surface area contributed by atoms with E-state index in [1.165, 1.54) is 13.3 Å². The van der Waals surface area contributed by atoms with E-state index in [1.807, 2.05) is 4.90 Å². The van der Waals surface area contributed by atoms with Crippen molar-refractivity contribution in [3.8, 4) is 17.6 Å². The minimum Gasteiger partial charge on any atom is -0.497 e. The average molecular weight is 645 g/mol. The summed E-state index contributed by atoms with van der Waals surface area (Å²) in [4.78, 5) is 17.8. The molecular formula is C31H28ClF7N2O3. The van der Waals surface area contributed by atoms with Gasteiger partial charge in [-0.25, -0.2) is 4.39 Å². The monoisotopic (exact) mass is 644 g/mol. The van der Waals surface area contributed by atoms with Crippen LogP contribution >= 0.6 is 11.6 Å². The van der Waals surface area contributed by atoms with Crippen molar-refractivity contribution in [2.45, 2.75) is 50.6 Å². The van der Waals surface area contributed by atoms with E-state index in [0.29, 0.717) is 54.7 Å². The Bertz CT molecular complexity index is 1540. The van der Waals surface area contributed by atoms with Crippen LogP contribution in [0.15, 0.2) is 42.6 Å². The van der Waals surface area contributed by atoms with Gasteiger partial charge in [-0.3, -0.25) is 14.7 Å².